The van der Waals surface area contributed by atoms with Crippen molar-refractivity contribution >= 4 is 27.3 Å². The predicted octanol–water partition coefficient (Wildman–Crippen LogP) is 1.02. The van der Waals surface area contributed by atoms with E-state index in [9.17, 15) is 17.6 Å². The van der Waals surface area contributed by atoms with Crippen molar-refractivity contribution in [3.05, 3.63) is 24.0 Å². The Bertz CT molecular complexity index is 641. The molecule has 0 heterocycles. The molecule has 0 unspecified atom stereocenters. The van der Waals surface area contributed by atoms with E-state index in [1.54, 1.807) is 0 Å². The molecule has 8 heteroatoms. The van der Waals surface area contributed by atoms with E-state index in [1.165, 1.54) is 12.1 Å². The molecule has 20 heavy (non-hydrogen) atoms. The van der Waals surface area contributed by atoms with Gasteiger partial charge >= 0.3 is 0 Å². The second-order valence-electron chi connectivity index (χ2n) is 5.03. The Kier molecular flexibility index (Phi) is 3.70. The van der Waals surface area contributed by atoms with Crippen molar-refractivity contribution in [3.63, 3.8) is 0 Å². The van der Waals surface area contributed by atoms with Gasteiger partial charge in [0.15, 0.2) is 0 Å². The van der Waals surface area contributed by atoms with Gasteiger partial charge in [-0.05, 0) is 37.5 Å². The normalized spacial score (nSPS) is 17.1. The summed E-state index contributed by atoms with van der Waals surface area (Å²) in [6.45, 7) is 0. The molecular formula is C12H16FN3O3S. The minimum absolute atomic E-state index is 0.218. The molecule has 0 atom stereocenters. The molecule has 0 aromatic heterocycles. The van der Waals surface area contributed by atoms with Crippen molar-refractivity contribution < 1.29 is 17.6 Å². The fraction of sp³-hybridized carbons (Fsp3) is 0.417. The van der Waals surface area contributed by atoms with Gasteiger partial charge in [-0.25, -0.2) is 12.8 Å². The largest absolute Gasteiger partial charge is 0.324 e. The number of hydrogen-bond donors (Lipinski definition) is 3. The van der Waals surface area contributed by atoms with Crippen LogP contribution in [0.5, 0.6) is 0 Å². The number of sulfonamides is 1. The number of hydrogen-bond acceptors (Lipinski definition) is 4. The van der Waals surface area contributed by atoms with Crippen LogP contribution in [0.25, 0.3) is 0 Å². The van der Waals surface area contributed by atoms with Gasteiger partial charge in [-0.15, -0.1) is 0 Å². The third-order valence-electron chi connectivity index (χ3n) is 3.22. The fourth-order valence-electron chi connectivity index (χ4n) is 1.92. The molecule has 1 aromatic rings. The fourth-order valence-corrected chi connectivity index (χ4v) is 2.48. The average Bonchev–Trinajstić information content (AvgIpc) is 2.28. The quantitative estimate of drug-likeness (QED) is 0.772. The molecule has 2 rings (SSSR count). The molecule has 0 saturated heterocycles. The number of rotatable bonds is 4. The summed E-state index contributed by atoms with van der Waals surface area (Å²) in [6, 6.07) is 3.64. The summed E-state index contributed by atoms with van der Waals surface area (Å²) in [5, 5.41) is 2.57. The first-order chi connectivity index (χ1) is 9.20. The predicted molar refractivity (Wildman–Crippen MR) is 74.3 cm³/mol. The van der Waals surface area contributed by atoms with Gasteiger partial charge in [0.25, 0.3) is 0 Å². The first-order valence-corrected chi connectivity index (χ1v) is 7.96. The molecule has 1 aliphatic carbocycles. The van der Waals surface area contributed by atoms with Gasteiger partial charge in [0.2, 0.25) is 15.9 Å². The number of carbonyl (C=O) groups is 1. The number of halogens is 1. The first-order valence-electron chi connectivity index (χ1n) is 6.07. The molecule has 110 valence electrons. The zero-order chi connectivity index (χ0) is 15.0. The van der Waals surface area contributed by atoms with Crippen molar-refractivity contribution in [3.8, 4) is 0 Å². The summed E-state index contributed by atoms with van der Waals surface area (Å²) in [5.41, 5.74) is 5.06. The Hall–Kier alpha value is -1.67. The van der Waals surface area contributed by atoms with Crippen LogP contribution in [-0.2, 0) is 14.8 Å². The lowest BCUT2D eigenvalue weighted by Gasteiger charge is -2.36. The highest BCUT2D eigenvalue weighted by Gasteiger charge is 2.40. The third-order valence-corrected chi connectivity index (χ3v) is 3.81. The van der Waals surface area contributed by atoms with Gasteiger partial charge in [0, 0.05) is 5.69 Å². The Morgan fingerprint density at radius 3 is 2.55 bits per heavy atom. The average molecular weight is 301 g/mol. The van der Waals surface area contributed by atoms with Gasteiger partial charge < -0.3 is 11.1 Å². The maximum absolute atomic E-state index is 13.5. The van der Waals surface area contributed by atoms with E-state index < -0.39 is 21.4 Å². The molecule has 1 aliphatic rings. The van der Waals surface area contributed by atoms with Gasteiger partial charge in [-0.3, -0.25) is 9.52 Å². The lowest BCUT2D eigenvalue weighted by molar-refractivity contribution is -0.123. The zero-order valence-electron chi connectivity index (χ0n) is 10.9. The van der Waals surface area contributed by atoms with E-state index in [0.29, 0.717) is 18.5 Å². The van der Waals surface area contributed by atoms with Gasteiger partial charge in [-0.1, -0.05) is 0 Å². The molecule has 0 spiro atoms. The van der Waals surface area contributed by atoms with E-state index in [4.69, 9.17) is 5.73 Å². The van der Waals surface area contributed by atoms with Gasteiger partial charge in [0.1, 0.15) is 5.82 Å². The highest BCUT2D eigenvalue weighted by molar-refractivity contribution is 7.92. The molecule has 1 amide bonds. The number of anilines is 2. The molecule has 6 nitrogen and oxygen atoms in total. The molecule has 1 fully saturated rings. The minimum Gasteiger partial charge on any atom is -0.324 e. The van der Waals surface area contributed by atoms with E-state index in [2.05, 4.69) is 5.32 Å². The topological polar surface area (TPSA) is 101 Å². The third kappa shape index (κ3) is 3.26. The minimum atomic E-state index is -3.59. The molecule has 1 aromatic carbocycles. The lowest BCUT2D eigenvalue weighted by atomic mass is 9.77. The molecule has 0 radical (unpaired) electrons. The number of amides is 1. The first kappa shape index (κ1) is 14.7. The maximum atomic E-state index is 13.5. The molecule has 0 bridgehead atoms. The summed E-state index contributed by atoms with van der Waals surface area (Å²) < 4.78 is 37.8. The number of nitrogens with two attached hydrogens (primary N) is 1. The standard InChI is InChI=1S/C12H16FN3O3S/c1-20(18,19)16-10-7-8(3-4-9(10)13)15-11(17)12(14)5-2-6-12/h3-4,7,16H,2,5-6,14H2,1H3,(H,15,17). The maximum Gasteiger partial charge on any atom is 0.244 e. The van der Waals surface area contributed by atoms with Crippen LogP contribution in [0.4, 0.5) is 15.8 Å². The van der Waals surface area contributed by atoms with Crippen molar-refractivity contribution in [1.82, 2.24) is 0 Å². The van der Waals surface area contributed by atoms with Gasteiger partial charge in [-0.2, -0.15) is 0 Å². The van der Waals surface area contributed by atoms with E-state index in [-0.39, 0.29) is 11.6 Å². The van der Waals surface area contributed by atoms with Crippen LogP contribution in [0, 0.1) is 5.82 Å². The highest BCUT2D eigenvalue weighted by atomic mass is 32.2. The smallest absolute Gasteiger partial charge is 0.244 e. The molecule has 1 saturated carbocycles. The van der Waals surface area contributed by atoms with Crippen LogP contribution in [0.1, 0.15) is 19.3 Å². The van der Waals surface area contributed by atoms with Crippen LogP contribution in [0.15, 0.2) is 18.2 Å². The Balaban J connectivity index is 2.17. The summed E-state index contributed by atoms with van der Waals surface area (Å²) in [7, 11) is -3.59. The lowest BCUT2D eigenvalue weighted by Crippen LogP contribution is -2.56. The number of carbonyl (C=O) groups excluding carboxylic acids is 1. The zero-order valence-corrected chi connectivity index (χ0v) is 11.8. The summed E-state index contributed by atoms with van der Waals surface area (Å²) in [4.78, 5) is 11.9. The van der Waals surface area contributed by atoms with E-state index in [1.807, 2.05) is 4.72 Å². The Morgan fingerprint density at radius 2 is 2.05 bits per heavy atom. The summed E-state index contributed by atoms with van der Waals surface area (Å²) in [6.07, 6.45) is 3.03. The van der Waals surface area contributed by atoms with E-state index in [0.717, 1.165) is 18.7 Å². The van der Waals surface area contributed by atoms with E-state index >= 15 is 0 Å². The second-order valence-corrected chi connectivity index (χ2v) is 6.78. The van der Waals surface area contributed by atoms with Crippen molar-refractivity contribution in [2.24, 2.45) is 5.73 Å². The second kappa shape index (κ2) is 5.02. The van der Waals surface area contributed by atoms with Crippen LogP contribution in [0.2, 0.25) is 0 Å². The summed E-state index contributed by atoms with van der Waals surface area (Å²) in [5.74, 6) is -1.07. The monoisotopic (exact) mass is 301 g/mol. The number of nitrogens with one attached hydrogen (secondary N) is 2. The van der Waals surface area contributed by atoms with Crippen molar-refractivity contribution in [2.75, 3.05) is 16.3 Å². The van der Waals surface area contributed by atoms with Crippen molar-refractivity contribution in [2.45, 2.75) is 24.8 Å². The van der Waals surface area contributed by atoms with Crippen LogP contribution in [-0.4, -0.2) is 26.1 Å². The molecule has 0 aliphatic heterocycles. The number of benzene rings is 1. The summed E-state index contributed by atoms with van der Waals surface area (Å²) >= 11 is 0. The van der Waals surface area contributed by atoms with Crippen LogP contribution < -0.4 is 15.8 Å². The van der Waals surface area contributed by atoms with Gasteiger partial charge in [0.05, 0.1) is 17.5 Å². The highest BCUT2D eigenvalue weighted by Crippen LogP contribution is 2.30. The SMILES string of the molecule is CS(=O)(=O)Nc1cc(NC(=O)C2(N)CCC2)ccc1F. The molecule has 4 N–H and O–H groups in total. The molecular weight excluding hydrogens is 285 g/mol. The van der Waals surface area contributed by atoms with Crippen molar-refractivity contribution in [1.29, 1.82) is 0 Å². The van der Waals surface area contributed by atoms with Crippen LogP contribution >= 0.6 is 0 Å². The Labute approximate surface area is 116 Å². The van der Waals surface area contributed by atoms with Crippen LogP contribution in [0.3, 0.4) is 0 Å². The Morgan fingerprint density at radius 1 is 1.40 bits per heavy atom.